The summed E-state index contributed by atoms with van der Waals surface area (Å²) in [5.41, 5.74) is 5.66. The van der Waals surface area contributed by atoms with Gasteiger partial charge >= 0.3 is 0 Å². The summed E-state index contributed by atoms with van der Waals surface area (Å²) in [6.45, 7) is 2.02. The molecule has 0 amide bonds. The second-order valence-corrected chi connectivity index (χ2v) is 3.64. The van der Waals surface area contributed by atoms with Gasteiger partial charge in [0.25, 0.3) is 0 Å². The Kier molecular flexibility index (Phi) is 3.87. The smallest absolute Gasteiger partial charge is 0.0519 e. The quantitative estimate of drug-likeness (QED) is 0.471. The molecular formula is C9H20N2. The molecule has 0 heterocycles. The van der Waals surface area contributed by atoms with E-state index >= 15 is 0 Å². The second kappa shape index (κ2) is 4.73. The molecule has 0 spiro atoms. The van der Waals surface area contributed by atoms with E-state index in [1.165, 1.54) is 38.5 Å². The second-order valence-electron chi connectivity index (χ2n) is 3.64. The Balaban J connectivity index is 2.20. The van der Waals surface area contributed by atoms with E-state index in [4.69, 9.17) is 5.73 Å². The van der Waals surface area contributed by atoms with Crippen LogP contribution in [0.3, 0.4) is 0 Å². The predicted octanol–water partition coefficient (Wildman–Crippen LogP) is 1.60. The maximum Gasteiger partial charge on any atom is 0.0519 e. The lowest BCUT2D eigenvalue weighted by molar-refractivity contribution is 0.413. The fourth-order valence-corrected chi connectivity index (χ4v) is 1.82. The number of hydrogen-bond donors (Lipinski definition) is 2. The first kappa shape index (κ1) is 9.01. The van der Waals surface area contributed by atoms with Gasteiger partial charge in [-0.15, -0.1) is 0 Å². The van der Waals surface area contributed by atoms with E-state index in [1.807, 2.05) is 6.92 Å². The van der Waals surface area contributed by atoms with Crippen molar-refractivity contribution in [2.45, 2.75) is 57.7 Å². The highest BCUT2D eigenvalue weighted by molar-refractivity contribution is 4.71. The van der Waals surface area contributed by atoms with Crippen molar-refractivity contribution in [1.29, 1.82) is 0 Å². The van der Waals surface area contributed by atoms with Crippen LogP contribution in [0.5, 0.6) is 0 Å². The zero-order valence-corrected chi connectivity index (χ0v) is 7.47. The molecule has 0 aromatic carbocycles. The lowest BCUT2D eigenvalue weighted by Crippen LogP contribution is -2.41. The van der Waals surface area contributed by atoms with Gasteiger partial charge in [0, 0.05) is 6.04 Å². The molecule has 1 saturated carbocycles. The van der Waals surface area contributed by atoms with Crippen LogP contribution in [0.1, 0.15) is 45.4 Å². The number of nitrogens with one attached hydrogen (secondary N) is 1. The normalized spacial score (nSPS) is 24.5. The van der Waals surface area contributed by atoms with Crippen LogP contribution in [0, 0.1) is 0 Å². The first-order valence-corrected chi connectivity index (χ1v) is 4.80. The monoisotopic (exact) mass is 156 g/mol. The average Bonchev–Trinajstić information content (AvgIpc) is 2.14. The van der Waals surface area contributed by atoms with Crippen molar-refractivity contribution >= 4 is 0 Å². The number of nitrogens with two attached hydrogens (primary N) is 1. The van der Waals surface area contributed by atoms with Crippen molar-refractivity contribution in [1.82, 2.24) is 5.32 Å². The molecule has 1 atom stereocenters. The Hall–Kier alpha value is -0.0800. The summed E-state index contributed by atoms with van der Waals surface area (Å²) in [4.78, 5) is 0. The van der Waals surface area contributed by atoms with Crippen molar-refractivity contribution < 1.29 is 0 Å². The van der Waals surface area contributed by atoms with Gasteiger partial charge in [-0.25, -0.2) is 0 Å². The van der Waals surface area contributed by atoms with Gasteiger partial charge in [-0.05, 0) is 19.8 Å². The Morgan fingerprint density at radius 2 is 1.73 bits per heavy atom. The van der Waals surface area contributed by atoms with E-state index in [1.54, 1.807) is 0 Å². The van der Waals surface area contributed by atoms with Gasteiger partial charge in [-0.1, -0.05) is 25.7 Å². The Bertz CT molecular complexity index is 93.7. The molecule has 1 aliphatic rings. The van der Waals surface area contributed by atoms with Gasteiger partial charge in [0.2, 0.25) is 0 Å². The summed E-state index contributed by atoms with van der Waals surface area (Å²) in [7, 11) is 0. The molecule has 0 saturated heterocycles. The van der Waals surface area contributed by atoms with Crippen LogP contribution in [0.2, 0.25) is 0 Å². The van der Waals surface area contributed by atoms with Crippen LogP contribution in [-0.4, -0.2) is 12.2 Å². The fraction of sp³-hybridized carbons (Fsp3) is 1.00. The van der Waals surface area contributed by atoms with Gasteiger partial charge in [-0.2, -0.15) is 0 Å². The summed E-state index contributed by atoms with van der Waals surface area (Å²) in [6.07, 6.45) is 8.39. The molecule has 0 bridgehead atoms. The van der Waals surface area contributed by atoms with Crippen molar-refractivity contribution in [3.8, 4) is 0 Å². The van der Waals surface area contributed by atoms with Gasteiger partial charge < -0.3 is 5.73 Å². The molecular weight excluding hydrogens is 136 g/mol. The Morgan fingerprint density at radius 1 is 1.18 bits per heavy atom. The molecule has 1 rings (SSSR count). The van der Waals surface area contributed by atoms with Gasteiger partial charge in [0.15, 0.2) is 0 Å². The lowest BCUT2D eigenvalue weighted by Gasteiger charge is -2.18. The van der Waals surface area contributed by atoms with Crippen LogP contribution in [0.15, 0.2) is 0 Å². The molecule has 66 valence electrons. The van der Waals surface area contributed by atoms with Crippen molar-refractivity contribution in [3.05, 3.63) is 0 Å². The largest absolute Gasteiger partial charge is 0.316 e. The van der Waals surface area contributed by atoms with E-state index in [2.05, 4.69) is 5.32 Å². The van der Waals surface area contributed by atoms with E-state index in [9.17, 15) is 0 Å². The average molecular weight is 156 g/mol. The highest BCUT2D eigenvalue weighted by atomic mass is 15.0. The van der Waals surface area contributed by atoms with Crippen molar-refractivity contribution in [3.63, 3.8) is 0 Å². The Labute approximate surface area is 69.5 Å². The minimum absolute atomic E-state index is 0.165. The lowest BCUT2D eigenvalue weighted by atomic mass is 10.1. The molecule has 1 aliphatic carbocycles. The van der Waals surface area contributed by atoms with E-state index in [0.717, 1.165) is 0 Å². The van der Waals surface area contributed by atoms with E-state index in [-0.39, 0.29) is 6.17 Å². The van der Waals surface area contributed by atoms with Crippen LogP contribution < -0.4 is 11.1 Å². The zero-order chi connectivity index (χ0) is 8.10. The third-order valence-corrected chi connectivity index (χ3v) is 2.35. The first-order valence-electron chi connectivity index (χ1n) is 4.80. The standard InChI is InChI=1S/C9H20N2/c1-8(10)11-9-6-4-2-3-5-7-9/h8-9,11H,2-7,10H2,1H3. The van der Waals surface area contributed by atoms with Gasteiger partial charge in [0.1, 0.15) is 0 Å². The topological polar surface area (TPSA) is 38.0 Å². The maximum absolute atomic E-state index is 5.66. The van der Waals surface area contributed by atoms with Crippen molar-refractivity contribution in [2.24, 2.45) is 5.73 Å². The summed E-state index contributed by atoms with van der Waals surface area (Å²) in [5.74, 6) is 0. The van der Waals surface area contributed by atoms with Crippen LogP contribution in [0.25, 0.3) is 0 Å². The van der Waals surface area contributed by atoms with Crippen LogP contribution in [0.4, 0.5) is 0 Å². The maximum atomic E-state index is 5.66. The molecule has 1 fully saturated rings. The summed E-state index contributed by atoms with van der Waals surface area (Å²) in [5, 5.41) is 3.40. The number of rotatable bonds is 2. The molecule has 2 heteroatoms. The highest BCUT2D eigenvalue weighted by Gasteiger charge is 2.11. The number of hydrogen-bond acceptors (Lipinski definition) is 2. The van der Waals surface area contributed by atoms with Crippen LogP contribution in [-0.2, 0) is 0 Å². The Morgan fingerprint density at radius 3 is 2.18 bits per heavy atom. The summed E-state index contributed by atoms with van der Waals surface area (Å²) < 4.78 is 0. The summed E-state index contributed by atoms with van der Waals surface area (Å²) >= 11 is 0. The highest BCUT2D eigenvalue weighted by Crippen LogP contribution is 2.16. The molecule has 0 radical (unpaired) electrons. The first-order chi connectivity index (χ1) is 5.29. The molecule has 0 aromatic heterocycles. The third kappa shape index (κ3) is 3.73. The van der Waals surface area contributed by atoms with E-state index in [0.29, 0.717) is 6.04 Å². The van der Waals surface area contributed by atoms with E-state index < -0.39 is 0 Å². The zero-order valence-electron chi connectivity index (χ0n) is 7.47. The molecule has 0 aromatic rings. The SMILES string of the molecule is CC(N)NC1CCCCCC1. The summed E-state index contributed by atoms with van der Waals surface area (Å²) in [6, 6.07) is 0.692. The van der Waals surface area contributed by atoms with Crippen molar-refractivity contribution in [2.75, 3.05) is 0 Å². The minimum atomic E-state index is 0.165. The van der Waals surface area contributed by atoms with Gasteiger partial charge in [-0.3, -0.25) is 5.32 Å². The predicted molar refractivity (Wildman–Crippen MR) is 48.3 cm³/mol. The minimum Gasteiger partial charge on any atom is -0.316 e. The van der Waals surface area contributed by atoms with Crippen LogP contribution >= 0.6 is 0 Å². The molecule has 2 nitrogen and oxygen atoms in total. The molecule has 1 unspecified atom stereocenters. The van der Waals surface area contributed by atoms with Gasteiger partial charge in [0.05, 0.1) is 6.17 Å². The fourth-order valence-electron chi connectivity index (χ4n) is 1.82. The third-order valence-electron chi connectivity index (χ3n) is 2.35. The molecule has 3 N–H and O–H groups in total. The molecule has 0 aliphatic heterocycles. The molecule has 11 heavy (non-hydrogen) atoms.